The summed E-state index contributed by atoms with van der Waals surface area (Å²) >= 11 is 5.93. The highest BCUT2D eigenvalue weighted by Gasteiger charge is 2.36. The lowest BCUT2D eigenvalue weighted by molar-refractivity contribution is 0.426. The Morgan fingerprint density at radius 3 is 2.45 bits per heavy atom. The van der Waals surface area contributed by atoms with E-state index in [2.05, 4.69) is 10.0 Å². The van der Waals surface area contributed by atoms with Gasteiger partial charge in [0.15, 0.2) is 0 Å². The lowest BCUT2D eigenvalue weighted by atomic mass is 10.0. The van der Waals surface area contributed by atoms with Gasteiger partial charge in [-0.3, -0.25) is 0 Å². The smallest absolute Gasteiger partial charge is 0.244 e. The highest BCUT2D eigenvalue weighted by molar-refractivity contribution is 7.90. The molecule has 22 heavy (non-hydrogen) atoms. The maximum absolute atomic E-state index is 12.4. The number of nitrogens with two attached hydrogens (primary N) is 1. The van der Waals surface area contributed by atoms with Crippen molar-refractivity contribution in [2.75, 3.05) is 5.32 Å². The Bertz CT molecular complexity index is 817. The fraction of sp³-hybridized carbons (Fsp3) is 0.500. The van der Waals surface area contributed by atoms with Crippen LogP contribution in [0.5, 0.6) is 0 Å². The van der Waals surface area contributed by atoms with E-state index < -0.39 is 31.1 Å². The zero-order valence-electron chi connectivity index (χ0n) is 11.5. The van der Waals surface area contributed by atoms with Gasteiger partial charge in [-0.2, -0.15) is 4.72 Å². The first-order valence-electron chi connectivity index (χ1n) is 6.84. The Kier molecular flexibility index (Phi) is 3.89. The van der Waals surface area contributed by atoms with E-state index in [1.165, 1.54) is 6.07 Å². The summed E-state index contributed by atoms with van der Waals surface area (Å²) in [6, 6.07) is 2.30. The molecular formula is C12H16ClN3O4S2. The molecule has 0 radical (unpaired) electrons. The van der Waals surface area contributed by atoms with Crippen LogP contribution in [0.15, 0.2) is 21.9 Å². The minimum atomic E-state index is -4.10. The largest absolute Gasteiger partial charge is 0.368 e. The van der Waals surface area contributed by atoms with Crippen molar-refractivity contribution >= 4 is 37.3 Å². The third-order valence-electron chi connectivity index (χ3n) is 4.09. The average molecular weight is 366 g/mol. The second-order valence-corrected chi connectivity index (χ2v) is 9.23. The summed E-state index contributed by atoms with van der Waals surface area (Å²) in [4.78, 5) is -0.561. The SMILES string of the molecule is NS(=O)(=O)c1cc2c(cc1Cl)NC(C1CCCC1)NS2(=O)=O. The molecule has 0 bridgehead atoms. The molecule has 1 aliphatic heterocycles. The number of nitrogens with one attached hydrogen (secondary N) is 2. The predicted octanol–water partition coefficient (Wildman–Crippen LogP) is 1.21. The van der Waals surface area contributed by atoms with Crippen LogP contribution in [0.25, 0.3) is 0 Å². The van der Waals surface area contributed by atoms with Gasteiger partial charge < -0.3 is 5.32 Å². The first-order chi connectivity index (χ1) is 10.2. The Labute approximate surface area is 134 Å². The van der Waals surface area contributed by atoms with E-state index >= 15 is 0 Å². The molecule has 0 saturated heterocycles. The highest BCUT2D eigenvalue weighted by atomic mass is 35.5. The number of sulfonamides is 2. The number of hydrogen-bond acceptors (Lipinski definition) is 5. The van der Waals surface area contributed by atoms with Gasteiger partial charge in [0.2, 0.25) is 20.0 Å². The van der Waals surface area contributed by atoms with Crippen molar-refractivity contribution in [3.05, 3.63) is 17.2 Å². The van der Waals surface area contributed by atoms with Gasteiger partial charge in [-0.05, 0) is 30.9 Å². The van der Waals surface area contributed by atoms with Gasteiger partial charge in [0.25, 0.3) is 0 Å². The molecule has 1 unspecified atom stereocenters. The monoisotopic (exact) mass is 365 g/mol. The summed E-state index contributed by atoms with van der Waals surface area (Å²) in [6.07, 6.45) is 3.62. The molecule has 3 rings (SSSR count). The van der Waals surface area contributed by atoms with Crippen molar-refractivity contribution in [3.8, 4) is 0 Å². The van der Waals surface area contributed by atoms with E-state index in [4.69, 9.17) is 16.7 Å². The first-order valence-corrected chi connectivity index (χ1v) is 10.2. The molecule has 4 N–H and O–H groups in total. The number of fused-ring (bicyclic) bond motifs is 1. The fourth-order valence-electron chi connectivity index (χ4n) is 3.02. The van der Waals surface area contributed by atoms with E-state index in [0.29, 0.717) is 5.69 Å². The molecule has 2 aliphatic rings. The van der Waals surface area contributed by atoms with E-state index in [9.17, 15) is 16.8 Å². The van der Waals surface area contributed by atoms with Crippen molar-refractivity contribution < 1.29 is 16.8 Å². The number of benzene rings is 1. The van der Waals surface area contributed by atoms with Crippen molar-refractivity contribution in [2.24, 2.45) is 11.1 Å². The molecule has 7 nitrogen and oxygen atoms in total. The second-order valence-electron chi connectivity index (χ2n) is 5.61. The number of hydrogen-bond donors (Lipinski definition) is 3. The zero-order chi connectivity index (χ0) is 16.1. The summed E-state index contributed by atoms with van der Waals surface area (Å²) in [5, 5.41) is 8.06. The lowest BCUT2D eigenvalue weighted by Crippen LogP contribution is -2.48. The van der Waals surface area contributed by atoms with Crippen LogP contribution in [0.1, 0.15) is 25.7 Å². The first kappa shape index (κ1) is 16.0. The normalized spacial score (nSPS) is 24.7. The van der Waals surface area contributed by atoms with Crippen molar-refractivity contribution in [1.29, 1.82) is 0 Å². The van der Waals surface area contributed by atoms with E-state index in [0.717, 1.165) is 31.7 Å². The molecule has 1 saturated carbocycles. The maximum Gasteiger partial charge on any atom is 0.244 e. The van der Waals surface area contributed by atoms with Crippen LogP contribution in [0, 0.1) is 5.92 Å². The molecule has 0 amide bonds. The van der Waals surface area contributed by atoms with Gasteiger partial charge in [0, 0.05) is 0 Å². The van der Waals surface area contributed by atoms with Gasteiger partial charge >= 0.3 is 0 Å². The molecule has 10 heteroatoms. The van der Waals surface area contributed by atoms with E-state index in [1.807, 2.05) is 0 Å². The fourth-order valence-corrected chi connectivity index (χ4v) is 5.59. The van der Waals surface area contributed by atoms with E-state index in [-0.39, 0.29) is 15.8 Å². The lowest BCUT2D eigenvalue weighted by Gasteiger charge is -2.32. The molecule has 1 aromatic rings. The Morgan fingerprint density at radius 2 is 1.86 bits per heavy atom. The van der Waals surface area contributed by atoms with Crippen LogP contribution in [-0.2, 0) is 20.0 Å². The molecule has 1 heterocycles. The summed E-state index contributed by atoms with van der Waals surface area (Å²) in [6.45, 7) is 0. The van der Waals surface area contributed by atoms with Crippen LogP contribution >= 0.6 is 11.6 Å². The van der Waals surface area contributed by atoms with Gasteiger partial charge in [-0.15, -0.1) is 0 Å². The van der Waals surface area contributed by atoms with Gasteiger partial charge in [-0.1, -0.05) is 24.4 Å². The summed E-state index contributed by atoms with van der Waals surface area (Å²) < 4.78 is 50.3. The second kappa shape index (κ2) is 5.34. The summed E-state index contributed by atoms with van der Waals surface area (Å²) in [5.41, 5.74) is 0.299. The van der Waals surface area contributed by atoms with Gasteiger partial charge in [-0.25, -0.2) is 22.0 Å². The topological polar surface area (TPSA) is 118 Å². The van der Waals surface area contributed by atoms with Crippen LogP contribution in [0.3, 0.4) is 0 Å². The summed E-state index contributed by atoms with van der Waals surface area (Å²) in [7, 11) is -7.92. The molecule has 1 fully saturated rings. The van der Waals surface area contributed by atoms with Crippen molar-refractivity contribution in [3.63, 3.8) is 0 Å². The molecule has 1 aliphatic carbocycles. The molecular weight excluding hydrogens is 350 g/mol. The highest BCUT2D eigenvalue weighted by Crippen LogP contribution is 2.37. The van der Waals surface area contributed by atoms with Crippen LogP contribution in [-0.4, -0.2) is 23.0 Å². The maximum atomic E-state index is 12.4. The molecule has 122 valence electrons. The number of halogens is 1. The van der Waals surface area contributed by atoms with Crippen LogP contribution < -0.4 is 15.2 Å². The van der Waals surface area contributed by atoms with Crippen LogP contribution in [0.2, 0.25) is 5.02 Å². The third kappa shape index (κ3) is 2.83. The van der Waals surface area contributed by atoms with Crippen LogP contribution in [0.4, 0.5) is 5.69 Å². The van der Waals surface area contributed by atoms with Gasteiger partial charge in [0.05, 0.1) is 16.9 Å². The molecule has 0 spiro atoms. The quantitative estimate of drug-likeness (QED) is 0.727. The van der Waals surface area contributed by atoms with Crippen molar-refractivity contribution in [2.45, 2.75) is 41.6 Å². The standard InChI is InChI=1S/C12H16ClN3O4S2/c13-8-5-9-11(6-10(8)21(14,17)18)22(19,20)16-12(15-9)7-3-1-2-4-7/h5-7,12,15-16H,1-4H2,(H2,14,17,18). The Morgan fingerprint density at radius 1 is 1.23 bits per heavy atom. The molecule has 0 aromatic heterocycles. The number of primary sulfonamides is 1. The average Bonchev–Trinajstić information content (AvgIpc) is 2.89. The minimum Gasteiger partial charge on any atom is -0.368 e. The van der Waals surface area contributed by atoms with Gasteiger partial charge in [0.1, 0.15) is 9.79 Å². The molecule has 1 atom stereocenters. The third-order valence-corrected chi connectivity index (χ3v) is 6.95. The van der Waals surface area contributed by atoms with E-state index in [1.54, 1.807) is 0 Å². The zero-order valence-corrected chi connectivity index (χ0v) is 13.9. The van der Waals surface area contributed by atoms with Crippen molar-refractivity contribution in [1.82, 2.24) is 4.72 Å². The Hall–Kier alpha value is -0.870. The predicted molar refractivity (Wildman–Crippen MR) is 82.5 cm³/mol. The minimum absolute atomic E-state index is 0.101. The Balaban J connectivity index is 2.08. The summed E-state index contributed by atoms with van der Waals surface area (Å²) in [5.74, 6) is 0.208. The number of rotatable bonds is 2. The number of anilines is 1. The molecule has 1 aromatic carbocycles.